The van der Waals surface area contributed by atoms with Crippen LogP contribution in [0.1, 0.15) is 40.6 Å². The molecular formula is C26H29N3OS. The summed E-state index contributed by atoms with van der Waals surface area (Å²) in [5.41, 5.74) is 9.18. The molecule has 0 bridgehead atoms. The first-order chi connectivity index (χ1) is 14.9. The van der Waals surface area contributed by atoms with Crippen molar-refractivity contribution in [1.29, 1.82) is 0 Å². The molecule has 3 aromatic rings. The SMILES string of the molecule is CCc1ccc(N[C@H]2NC(=O)/C(=C/c3cc(C)n(-c4ccc(C)cc4C)c3C)S2)cc1. The van der Waals surface area contributed by atoms with E-state index in [4.69, 9.17) is 0 Å². The fourth-order valence-corrected chi connectivity index (χ4v) is 5.03. The minimum absolute atomic E-state index is 0.0380. The van der Waals surface area contributed by atoms with Crippen molar-refractivity contribution >= 4 is 29.4 Å². The second-order valence-corrected chi connectivity index (χ2v) is 9.27. The Kier molecular flexibility index (Phi) is 5.96. The molecule has 1 amide bonds. The molecule has 4 rings (SSSR count). The number of aromatic nitrogens is 1. The summed E-state index contributed by atoms with van der Waals surface area (Å²) in [6, 6.07) is 17.0. The summed E-state index contributed by atoms with van der Waals surface area (Å²) in [4.78, 5) is 13.3. The number of thioether (sulfide) groups is 1. The highest BCUT2D eigenvalue weighted by molar-refractivity contribution is 8.05. The maximum absolute atomic E-state index is 12.6. The van der Waals surface area contributed by atoms with Crippen LogP contribution in [0.5, 0.6) is 0 Å². The summed E-state index contributed by atoms with van der Waals surface area (Å²) in [6.45, 7) is 10.6. The average Bonchev–Trinajstić information content (AvgIpc) is 3.21. The third kappa shape index (κ3) is 4.42. The van der Waals surface area contributed by atoms with Crippen LogP contribution in [-0.4, -0.2) is 16.0 Å². The van der Waals surface area contributed by atoms with Gasteiger partial charge in [-0.15, -0.1) is 0 Å². The Morgan fingerprint density at radius 1 is 1.06 bits per heavy atom. The van der Waals surface area contributed by atoms with E-state index in [-0.39, 0.29) is 11.4 Å². The largest absolute Gasteiger partial charge is 0.357 e. The van der Waals surface area contributed by atoms with Crippen LogP contribution < -0.4 is 10.6 Å². The summed E-state index contributed by atoms with van der Waals surface area (Å²) < 4.78 is 2.27. The maximum atomic E-state index is 12.6. The first-order valence-electron chi connectivity index (χ1n) is 10.7. The van der Waals surface area contributed by atoms with E-state index in [0.29, 0.717) is 0 Å². The smallest absolute Gasteiger partial charge is 0.260 e. The van der Waals surface area contributed by atoms with Crippen LogP contribution in [0.15, 0.2) is 53.4 Å². The Morgan fingerprint density at radius 3 is 2.48 bits per heavy atom. The number of carbonyl (C=O) groups is 1. The zero-order valence-corrected chi connectivity index (χ0v) is 19.6. The third-order valence-corrected chi connectivity index (χ3v) is 6.77. The Balaban J connectivity index is 1.56. The fourth-order valence-electron chi connectivity index (χ4n) is 4.06. The molecule has 1 aliphatic rings. The molecule has 1 atom stereocenters. The Labute approximate surface area is 188 Å². The third-order valence-electron chi connectivity index (χ3n) is 5.74. The molecule has 4 nitrogen and oxygen atoms in total. The van der Waals surface area contributed by atoms with Gasteiger partial charge in [0.05, 0.1) is 4.91 Å². The van der Waals surface area contributed by atoms with E-state index in [0.717, 1.165) is 34.0 Å². The summed E-state index contributed by atoms with van der Waals surface area (Å²) in [5.74, 6) is -0.0380. The van der Waals surface area contributed by atoms with Gasteiger partial charge in [-0.2, -0.15) is 0 Å². The number of nitrogens with zero attached hydrogens (tertiary/aromatic N) is 1. The standard InChI is InChI=1S/C26H29N3OS/c1-6-20-8-10-22(11-9-20)27-26-28-25(30)24(31-26)15-21-14-18(4)29(19(21)5)23-12-7-16(2)13-17(23)3/h7-15,26-27H,6H2,1-5H3,(H,28,30)/b24-15-/t26-/m0/s1. The van der Waals surface area contributed by atoms with Gasteiger partial charge in [0.15, 0.2) is 5.50 Å². The Bertz CT molecular complexity index is 1160. The minimum atomic E-state index is -0.172. The van der Waals surface area contributed by atoms with Crippen LogP contribution in [0.4, 0.5) is 5.69 Å². The van der Waals surface area contributed by atoms with Crippen LogP contribution >= 0.6 is 11.8 Å². The van der Waals surface area contributed by atoms with Crippen molar-refractivity contribution in [2.45, 2.75) is 46.5 Å². The second-order valence-electron chi connectivity index (χ2n) is 8.13. The first kappa shape index (κ1) is 21.3. The maximum Gasteiger partial charge on any atom is 0.260 e. The number of hydrogen-bond acceptors (Lipinski definition) is 3. The fraction of sp³-hybridized carbons (Fsp3) is 0.269. The van der Waals surface area contributed by atoms with Crippen molar-refractivity contribution in [2.75, 3.05) is 5.32 Å². The van der Waals surface area contributed by atoms with Gasteiger partial charge in [-0.1, -0.05) is 48.5 Å². The number of hydrogen-bond donors (Lipinski definition) is 2. The summed E-state index contributed by atoms with van der Waals surface area (Å²) >= 11 is 1.52. The molecule has 1 saturated heterocycles. The predicted molar refractivity (Wildman–Crippen MR) is 132 cm³/mol. The molecule has 0 unspecified atom stereocenters. The molecule has 0 saturated carbocycles. The predicted octanol–water partition coefficient (Wildman–Crippen LogP) is 5.87. The molecule has 5 heteroatoms. The summed E-state index contributed by atoms with van der Waals surface area (Å²) in [6.07, 6.45) is 3.02. The monoisotopic (exact) mass is 431 g/mol. The molecule has 0 spiro atoms. The zero-order valence-electron chi connectivity index (χ0n) is 18.7. The van der Waals surface area contributed by atoms with E-state index in [1.165, 1.54) is 34.1 Å². The topological polar surface area (TPSA) is 46.1 Å². The number of nitrogens with one attached hydrogen (secondary N) is 2. The normalized spacial score (nSPS) is 17.3. The number of rotatable bonds is 5. The summed E-state index contributed by atoms with van der Waals surface area (Å²) in [5, 5.41) is 6.42. The van der Waals surface area contributed by atoms with Crippen molar-refractivity contribution in [3.05, 3.63) is 87.1 Å². The van der Waals surface area contributed by atoms with Gasteiger partial charge in [-0.3, -0.25) is 4.79 Å². The highest BCUT2D eigenvalue weighted by atomic mass is 32.2. The van der Waals surface area contributed by atoms with Crippen LogP contribution in [-0.2, 0) is 11.2 Å². The van der Waals surface area contributed by atoms with Crippen LogP contribution in [0.2, 0.25) is 0 Å². The lowest BCUT2D eigenvalue weighted by atomic mass is 10.1. The van der Waals surface area contributed by atoms with Gasteiger partial charge in [-0.25, -0.2) is 0 Å². The second kappa shape index (κ2) is 8.67. The molecular weight excluding hydrogens is 402 g/mol. The van der Waals surface area contributed by atoms with E-state index in [1.807, 2.05) is 6.08 Å². The molecule has 1 fully saturated rings. The van der Waals surface area contributed by atoms with E-state index >= 15 is 0 Å². The Hall–Kier alpha value is -2.92. The zero-order chi connectivity index (χ0) is 22.1. The molecule has 2 aromatic carbocycles. The average molecular weight is 432 g/mol. The number of carbonyl (C=O) groups excluding carboxylic acids is 1. The lowest BCUT2D eigenvalue weighted by Gasteiger charge is -2.13. The van der Waals surface area contributed by atoms with Crippen LogP contribution in [0.3, 0.4) is 0 Å². The van der Waals surface area contributed by atoms with E-state index in [2.05, 4.69) is 98.4 Å². The molecule has 31 heavy (non-hydrogen) atoms. The number of anilines is 1. The van der Waals surface area contributed by atoms with Crippen molar-refractivity contribution in [1.82, 2.24) is 9.88 Å². The van der Waals surface area contributed by atoms with Gasteiger partial charge in [0.25, 0.3) is 5.91 Å². The Morgan fingerprint density at radius 2 is 1.81 bits per heavy atom. The molecule has 0 radical (unpaired) electrons. The van der Waals surface area contributed by atoms with E-state index < -0.39 is 0 Å². The van der Waals surface area contributed by atoms with Crippen LogP contribution in [0, 0.1) is 27.7 Å². The van der Waals surface area contributed by atoms with Gasteiger partial charge in [0, 0.05) is 22.8 Å². The van der Waals surface area contributed by atoms with Gasteiger partial charge in [0.1, 0.15) is 0 Å². The molecule has 0 aliphatic carbocycles. The van der Waals surface area contributed by atoms with Gasteiger partial charge in [-0.05, 0) is 81.1 Å². The molecule has 2 heterocycles. The number of aryl methyl sites for hydroxylation is 4. The van der Waals surface area contributed by atoms with Gasteiger partial charge < -0.3 is 15.2 Å². The van der Waals surface area contributed by atoms with Crippen molar-refractivity contribution < 1.29 is 4.79 Å². The molecule has 160 valence electrons. The van der Waals surface area contributed by atoms with Crippen molar-refractivity contribution in [3.63, 3.8) is 0 Å². The summed E-state index contributed by atoms with van der Waals surface area (Å²) in [7, 11) is 0. The molecule has 2 N–H and O–H groups in total. The highest BCUT2D eigenvalue weighted by Crippen LogP contribution is 2.32. The van der Waals surface area contributed by atoms with E-state index in [9.17, 15) is 4.79 Å². The lowest BCUT2D eigenvalue weighted by molar-refractivity contribution is -0.116. The number of amides is 1. The number of benzene rings is 2. The highest BCUT2D eigenvalue weighted by Gasteiger charge is 2.27. The van der Waals surface area contributed by atoms with Gasteiger partial charge in [0.2, 0.25) is 0 Å². The van der Waals surface area contributed by atoms with Gasteiger partial charge >= 0.3 is 0 Å². The minimum Gasteiger partial charge on any atom is -0.357 e. The lowest BCUT2D eigenvalue weighted by Crippen LogP contribution is -2.30. The first-order valence-corrected chi connectivity index (χ1v) is 11.5. The van der Waals surface area contributed by atoms with Crippen molar-refractivity contribution in [3.8, 4) is 5.69 Å². The quantitative estimate of drug-likeness (QED) is 0.497. The van der Waals surface area contributed by atoms with Crippen LogP contribution in [0.25, 0.3) is 11.8 Å². The molecule has 1 aliphatic heterocycles. The molecule has 1 aromatic heterocycles. The van der Waals surface area contributed by atoms with Crippen molar-refractivity contribution in [2.24, 2.45) is 0 Å². The van der Waals surface area contributed by atoms with E-state index in [1.54, 1.807) is 0 Å².